The summed E-state index contributed by atoms with van der Waals surface area (Å²) in [5, 5.41) is 0. The van der Waals surface area contributed by atoms with Crippen LogP contribution in [0.15, 0.2) is 28.5 Å². The van der Waals surface area contributed by atoms with E-state index in [2.05, 4.69) is 4.90 Å². The summed E-state index contributed by atoms with van der Waals surface area (Å²) in [6.45, 7) is 6.96. The second-order valence-electron chi connectivity index (χ2n) is 11.0. The molecule has 0 bridgehead atoms. The fourth-order valence-electron chi connectivity index (χ4n) is 6.09. The summed E-state index contributed by atoms with van der Waals surface area (Å²) in [6, 6.07) is 5.23. The highest BCUT2D eigenvalue weighted by Gasteiger charge is 2.46. The van der Waals surface area contributed by atoms with Crippen LogP contribution in [0.1, 0.15) is 52.4 Å². The number of Topliss-reactive ketones (excluding diaryl/α,β-unsaturated/α-hetero) is 1. The topological polar surface area (TPSA) is 98.3 Å². The summed E-state index contributed by atoms with van der Waals surface area (Å²) in [7, 11) is -4.16. The molecule has 2 amide bonds. The third-order valence-corrected chi connectivity index (χ3v) is 13.2. The SMILES string of the molecule is CCC(=O)CN([C@H]1CCN([C@@H](C)C(=O)N2CCC[C@H]2CN2CCCC2)C1=O)S(=O)(=O)c1ccc(-c2ccc(Cl)s2)s1. The third-order valence-electron chi connectivity index (χ3n) is 8.40. The molecule has 2 aromatic heterocycles. The number of carbonyl (C=O) groups is 3. The Morgan fingerprint density at radius 1 is 1.02 bits per heavy atom. The number of nitrogens with zero attached hydrogens (tertiary/aromatic N) is 4. The molecule has 224 valence electrons. The van der Waals surface area contributed by atoms with E-state index in [4.69, 9.17) is 11.6 Å². The summed E-state index contributed by atoms with van der Waals surface area (Å²) in [6.07, 6.45) is 4.66. The molecule has 0 aliphatic carbocycles. The van der Waals surface area contributed by atoms with Gasteiger partial charge in [0.2, 0.25) is 11.8 Å². The van der Waals surface area contributed by atoms with E-state index in [0.29, 0.717) is 10.9 Å². The van der Waals surface area contributed by atoms with Crippen molar-refractivity contribution in [3.8, 4) is 9.75 Å². The van der Waals surface area contributed by atoms with Crippen molar-refractivity contribution in [1.29, 1.82) is 0 Å². The standard InChI is InChI=1S/C28H37ClN4O5S3/c1-3-21(34)18-33(41(37,38)26-11-9-24(40-26)23-8-10-25(29)39-23)22-12-16-31(28(22)36)19(2)27(35)32-15-6-7-20(32)17-30-13-4-5-14-30/h8-11,19-20,22H,3-7,12-18H2,1-2H3/t19-,20-,22-/m0/s1. The molecule has 5 heterocycles. The Balaban J connectivity index is 1.33. The van der Waals surface area contributed by atoms with Gasteiger partial charge in [-0.05, 0) is 76.4 Å². The molecule has 0 unspecified atom stereocenters. The van der Waals surface area contributed by atoms with Crippen molar-refractivity contribution in [1.82, 2.24) is 19.0 Å². The quantitative estimate of drug-likeness (QED) is 0.366. The highest BCUT2D eigenvalue weighted by molar-refractivity contribution is 7.91. The summed E-state index contributed by atoms with van der Waals surface area (Å²) in [5.74, 6) is -0.778. The molecule has 41 heavy (non-hydrogen) atoms. The fourth-order valence-corrected chi connectivity index (χ4v) is 10.3. The van der Waals surface area contributed by atoms with Crippen LogP contribution in [0.3, 0.4) is 0 Å². The van der Waals surface area contributed by atoms with Crippen LogP contribution in [-0.2, 0) is 24.4 Å². The van der Waals surface area contributed by atoms with Crippen LogP contribution in [0.25, 0.3) is 9.75 Å². The molecule has 0 aromatic carbocycles. The van der Waals surface area contributed by atoms with Crippen molar-refractivity contribution >= 4 is 61.9 Å². The maximum Gasteiger partial charge on any atom is 0.253 e. The van der Waals surface area contributed by atoms with E-state index < -0.39 is 28.0 Å². The second kappa shape index (κ2) is 12.8. The number of carbonyl (C=O) groups excluding carboxylic acids is 3. The van der Waals surface area contributed by atoms with Crippen molar-refractivity contribution in [3.05, 3.63) is 28.6 Å². The Morgan fingerprint density at radius 2 is 1.73 bits per heavy atom. The number of rotatable bonds is 11. The first-order valence-corrected chi connectivity index (χ1v) is 17.8. The van der Waals surface area contributed by atoms with Crippen molar-refractivity contribution in [2.75, 3.05) is 39.3 Å². The molecule has 3 atom stereocenters. The van der Waals surface area contributed by atoms with Gasteiger partial charge >= 0.3 is 0 Å². The van der Waals surface area contributed by atoms with Crippen molar-refractivity contribution in [3.63, 3.8) is 0 Å². The zero-order valence-electron chi connectivity index (χ0n) is 23.5. The van der Waals surface area contributed by atoms with E-state index in [9.17, 15) is 22.8 Å². The Kier molecular flexibility index (Phi) is 9.57. The van der Waals surface area contributed by atoms with Crippen LogP contribution in [0.2, 0.25) is 4.34 Å². The van der Waals surface area contributed by atoms with Gasteiger partial charge in [0.05, 0.1) is 10.9 Å². The minimum Gasteiger partial charge on any atom is -0.337 e. The number of hydrogen-bond donors (Lipinski definition) is 0. The van der Waals surface area contributed by atoms with Crippen molar-refractivity contribution in [2.45, 2.75) is 74.7 Å². The summed E-state index contributed by atoms with van der Waals surface area (Å²) >= 11 is 8.51. The summed E-state index contributed by atoms with van der Waals surface area (Å²) < 4.78 is 29.5. The van der Waals surface area contributed by atoms with Gasteiger partial charge in [-0.25, -0.2) is 8.42 Å². The van der Waals surface area contributed by atoms with Gasteiger partial charge in [0.1, 0.15) is 22.1 Å². The van der Waals surface area contributed by atoms with Crippen LogP contribution in [0, 0.1) is 0 Å². The molecular weight excluding hydrogens is 604 g/mol. The summed E-state index contributed by atoms with van der Waals surface area (Å²) in [5.41, 5.74) is 0. The van der Waals surface area contributed by atoms with Crippen LogP contribution < -0.4 is 0 Å². The van der Waals surface area contributed by atoms with Crippen LogP contribution in [0.4, 0.5) is 0 Å². The number of likely N-dealkylation sites (tertiary alicyclic amines) is 3. The normalized spacial score (nSPS) is 22.8. The highest BCUT2D eigenvalue weighted by atomic mass is 35.5. The van der Waals surface area contributed by atoms with Crippen LogP contribution >= 0.6 is 34.3 Å². The lowest BCUT2D eigenvalue weighted by molar-refractivity contribution is -0.144. The Morgan fingerprint density at radius 3 is 2.41 bits per heavy atom. The Labute approximate surface area is 255 Å². The number of amides is 2. The van der Waals surface area contributed by atoms with E-state index in [1.54, 1.807) is 26.0 Å². The molecule has 3 aliphatic rings. The molecule has 3 fully saturated rings. The lowest BCUT2D eigenvalue weighted by Crippen LogP contribution is -2.53. The van der Waals surface area contributed by atoms with E-state index in [1.807, 2.05) is 11.0 Å². The second-order valence-corrected chi connectivity index (χ2v) is 15.9. The molecule has 0 spiro atoms. The molecule has 3 saturated heterocycles. The van der Waals surface area contributed by atoms with E-state index in [1.165, 1.54) is 35.1 Å². The average molecular weight is 641 g/mol. The van der Waals surface area contributed by atoms with E-state index in [-0.39, 0.29) is 47.9 Å². The number of hydrogen-bond acceptors (Lipinski definition) is 8. The minimum absolute atomic E-state index is 0.0677. The first-order chi connectivity index (χ1) is 19.6. The van der Waals surface area contributed by atoms with Gasteiger partial charge < -0.3 is 14.7 Å². The van der Waals surface area contributed by atoms with Gasteiger partial charge in [-0.15, -0.1) is 22.7 Å². The number of halogens is 1. The van der Waals surface area contributed by atoms with Crippen molar-refractivity contribution in [2.24, 2.45) is 0 Å². The monoisotopic (exact) mass is 640 g/mol. The molecule has 13 heteroatoms. The maximum absolute atomic E-state index is 13.9. The molecule has 0 saturated carbocycles. The molecule has 3 aliphatic heterocycles. The van der Waals surface area contributed by atoms with E-state index >= 15 is 0 Å². The van der Waals surface area contributed by atoms with Gasteiger partial charge in [-0.2, -0.15) is 4.31 Å². The molecule has 0 radical (unpaired) electrons. The lowest BCUT2D eigenvalue weighted by atomic mass is 10.2. The first kappa shape index (κ1) is 30.6. The van der Waals surface area contributed by atoms with E-state index in [0.717, 1.165) is 57.9 Å². The van der Waals surface area contributed by atoms with Gasteiger partial charge in [0.15, 0.2) is 0 Å². The highest BCUT2D eigenvalue weighted by Crippen LogP contribution is 2.38. The molecule has 9 nitrogen and oxygen atoms in total. The largest absolute Gasteiger partial charge is 0.337 e. The zero-order valence-corrected chi connectivity index (χ0v) is 26.7. The molecule has 5 rings (SSSR count). The van der Waals surface area contributed by atoms with Gasteiger partial charge in [0.25, 0.3) is 10.0 Å². The smallest absolute Gasteiger partial charge is 0.253 e. The Hall–Kier alpha value is -1.83. The fraction of sp³-hybridized carbons (Fsp3) is 0.607. The van der Waals surface area contributed by atoms with Gasteiger partial charge in [-0.3, -0.25) is 14.4 Å². The predicted molar refractivity (Wildman–Crippen MR) is 162 cm³/mol. The van der Waals surface area contributed by atoms with Crippen molar-refractivity contribution < 1.29 is 22.8 Å². The molecular formula is C28H37ClN4O5S3. The zero-order chi connectivity index (χ0) is 29.3. The van der Waals surface area contributed by atoms with Gasteiger partial charge in [-0.1, -0.05) is 18.5 Å². The number of ketones is 1. The average Bonchev–Trinajstić information content (AvgIpc) is 3.78. The first-order valence-electron chi connectivity index (χ1n) is 14.3. The Bertz CT molecular complexity index is 1390. The lowest BCUT2D eigenvalue weighted by Gasteiger charge is -2.33. The minimum atomic E-state index is -4.16. The molecule has 0 N–H and O–H groups in total. The number of thiophene rings is 2. The predicted octanol–water partition coefficient (Wildman–Crippen LogP) is 4.18. The maximum atomic E-state index is 13.9. The third kappa shape index (κ3) is 6.42. The number of sulfonamides is 1. The van der Waals surface area contributed by atoms with Gasteiger partial charge in [0, 0.05) is 41.9 Å². The van der Waals surface area contributed by atoms with Crippen LogP contribution in [-0.4, -0.2) is 102 Å². The summed E-state index contributed by atoms with van der Waals surface area (Å²) in [4.78, 5) is 47.4. The molecule has 2 aromatic rings. The van der Waals surface area contributed by atoms with Crippen LogP contribution in [0.5, 0.6) is 0 Å².